The summed E-state index contributed by atoms with van der Waals surface area (Å²) in [6.45, 7) is 0. The number of hydrogen-bond acceptors (Lipinski definition) is 3. The van der Waals surface area contributed by atoms with E-state index in [-0.39, 0.29) is 12.0 Å². The molecular weight excluding hydrogens is 302 g/mol. The first-order valence-corrected chi connectivity index (χ1v) is 5.30. The van der Waals surface area contributed by atoms with E-state index in [1.807, 2.05) is 0 Å². The maximum Gasteiger partial charge on any atom is 0.278 e. The van der Waals surface area contributed by atoms with Crippen molar-refractivity contribution >= 4 is 27.5 Å². The number of halogens is 3. The molecule has 0 heterocycles. The third-order valence-corrected chi connectivity index (χ3v) is 2.80. The Labute approximate surface area is 103 Å². The molecule has 1 aromatic rings. The summed E-state index contributed by atoms with van der Waals surface area (Å²) in [5.41, 5.74) is 3.86. The van der Waals surface area contributed by atoms with Gasteiger partial charge in [0.1, 0.15) is 11.6 Å². The van der Waals surface area contributed by atoms with E-state index in [0.717, 1.165) is 0 Å². The molecule has 1 unspecified atom stereocenters. The zero-order valence-electron chi connectivity index (χ0n) is 8.32. The SMILES string of the molecule is NC(=O)C(Br)Cc1c(F)cc(F)cc1[N+](=O)[O-]. The monoisotopic (exact) mass is 308 g/mol. The molecule has 0 aliphatic heterocycles. The van der Waals surface area contributed by atoms with Gasteiger partial charge in [-0.3, -0.25) is 14.9 Å². The minimum atomic E-state index is -1.08. The van der Waals surface area contributed by atoms with Gasteiger partial charge in [0.25, 0.3) is 5.69 Å². The molecule has 0 bridgehead atoms. The van der Waals surface area contributed by atoms with Crippen molar-refractivity contribution in [3.8, 4) is 0 Å². The molecule has 0 aliphatic carbocycles. The molecule has 0 aromatic heterocycles. The molecule has 1 amide bonds. The summed E-state index contributed by atoms with van der Waals surface area (Å²) in [7, 11) is 0. The van der Waals surface area contributed by atoms with Gasteiger partial charge in [0.2, 0.25) is 5.91 Å². The van der Waals surface area contributed by atoms with E-state index in [0.29, 0.717) is 12.1 Å². The number of nitro benzene ring substituents is 1. The van der Waals surface area contributed by atoms with Crippen molar-refractivity contribution in [2.24, 2.45) is 5.73 Å². The summed E-state index contributed by atoms with van der Waals surface area (Å²) in [4.78, 5) is 19.5. The summed E-state index contributed by atoms with van der Waals surface area (Å²) in [5, 5.41) is 10.6. The predicted octanol–water partition coefficient (Wildman–Crippen LogP) is 1.66. The quantitative estimate of drug-likeness (QED) is 0.521. The van der Waals surface area contributed by atoms with E-state index in [9.17, 15) is 23.7 Å². The zero-order valence-corrected chi connectivity index (χ0v) is 9.91. The number of rotatable bonds is 4. The van der Waals surface area contributed by atoms with Crippen molar-refractivity contribution in [3.63, 3.8) is 0 Å². The number of amides is 1. The summed E-state index contributed by atoms with van der Waals surface area (Å²) >= 11 is 2.86. The normalized spacial score (nSPS) is 12.2. The molecule has 2 N–H and O–H groups in total. The van der Waals surface area contributed by atoms with Crippen molar-refractivity contribution < 1.29 is 18.5 Å². The minimum absolute atomic E-state index is 0.322. The number of hydrogen-bond donors (Lipinski definition) is 1. The van der Waals surface area contributed by atoms with Crippen molar-refractivity contribution in [3.05, 3.63) is 39.4 Å². The van der Waals surface area contributed by atoms with Crippen LogP contribution in [0.2, 0.25) is 0 Å². The number of nitrogens with two attached hydrogens (primary N) is 1. The van der Waals surface area contributed by atoms with Gasteiger partial charge in [-0.2, -0.15) is 0 Å². The third-order valence-electron chi connectivity index (χ3n) is 2.03. The fraction of sp³-hybridized carbons (Fsp3) is 0.222. The molecule has 1 aromatic carbocycles. The Hall–Kier alpha value is -1.57. The van der Waals surface area contributed by atoms with E-state index >= 15 is 0 Å². The van der Waals surface area contributed by atoms with Gasteiger partial charge < -0.3 is 5.73 Å². The van der Waals surface area contributed by atoms with Crippen LogP contribution in [-0.4, -0.2) is 15.7 Å². The molecule has 0 aliphatic rings. The standard InChI is InChI=1S/C9H7BrF2N2O3/c10-6(9(13)15)3-5-7(12)1-4(11)2-8(5)14(16)17/h1-2,6H,3H2,(H2,13,15). The maximum atomic E-state index is 13.4. The maximum absolute atomic E-state index is 13.4. The van der Waals surface area contributed by atoms with Gasteiger partial charge in [-0.25, -0.2) is 8.78 Å². The van der Waals surface area contributed by atoms with E-state index in [1.165, 1.54) is 0 Å². The minimum Gasteiger partial charge on any atom is -0.369 e. The van der Waals surface area contributed by atoms with Crippen molar-refractivity contribution in [1.29, 1.82) is 0 Å². The smallest absolute Gasteiger partial charge is 0.278 e. The number of nitro groups is 1. The summed E-state index contributed by atoms with van der Waals surface area (Å²) in [6.07, 6.45) is -0.322. The fourth-order valence-corrected chi connectivity index (χ4v) is 1.56. The highest BCUT2D eigenvalue weighted by Crippen LogP contribution is 2.26. The fourth-order valence-electron chi connectivity index (χ4n) is 1.23. The molecule has 0 radical (unpaired) electrons. The van der Waals surface area contributed by atoms with Crippen LogP contribution in [0.15, 0.2) is 12.1 Å². The van der Waals surface area contributed by atoms with Crippen LogP contribution >= 0.6 is 15.9 Å². The van der Waals surface area contributed by atoms with Gasteiger partial charge in [-0.05, 0) is 0 Å². The second-order valence-corrected chi connectivity index (χ2v) is 4.32. The van der Waals surface area contributed by atoms with Crippen molar-refractivity contribution in [2.75, 3.05) is 0 Å². The first-order valence-electron chi connectivity index (χ1n) is 4.38. The molecule has 0 saturated carbocycles. The Bertz CT molecular complexity index is 482. The van der Waals surface area contributed by atoms with Crippen molar-refractivity contribution in [2.45, 2.75) is 11.2 Å². The van der Waals surface area contributed by atoms with Gasteiger partial charge in [-0.15, -0.1) is 0 Å². The van der Waals surface area contributed by atoms with Crippen LogP contribution in [0.3, 0.4) is 0 Å². The summed E-state index contributed by atoms with van der Waals surface area (Å²) in [6, 6.07) is 1.11. The third kappa shape index (κ3) is 3.19. The molecule has 92 valence electrons. The van der Waals surface area contributed by atoms with Crippen LogP contribution in [0.4, 0.5) is 14.5 Å². The molecule has 1 rings (SSSR count). The lowest BCUT2D eigenvalue weighted by Gasteiger charge is -2.07. The Balaban J connectivity index is 3.21. The molecule has 0 fully saturated rings. The Morgan fingerprint density at radius 3 is 2.59 bits per heavy atom. The largest absolute Gasteiger partial charge is 0.369 e. The lowest BCUT2D eigenvalue weighted by molar-refractivity contribution is -0.385. The number of carbonyl (C=O) groups is 1. The van der Waals surface area contributed by atoms with Gasteiger partial charge in [0.15, 0.2) is 0 Å². The first kappa shape index (κ1) is 13.5. The van der Waals surface area contributed by atoms with Crippen LogP contribution in [-0.2, 0) is 11.2 Å². The highest BCUT2D eigenvalue weighted by Gasteiger charge is 2.24. The van der Waals surface area contributed by atoms with Gasteiger partial charge >= 0.3 is 0 Å². The number of alkyl halides is 1. The lowest BCUT2D eigenvalue weighted by Crippen LogP contribution is -2.25. The van der Waals surface area contributed by atoms with Crippen LogP contribution in [0.25, 0.3) is 0 Å². The predicted molar refractivity (Wildman–Crippen MR) is 58.6 cm³/mol. The average Bonchev–Trinajstić information content (AvgIpc) is 2.20. The second-order valence-electron chi connectivity index (χ2n) is 3.22. The molecule has 0 saturated heterocycles. The highest BCUT2D eigenvalue weighted by atomic mass is 79.9. The molecule has 17 heavy (non-hydrogen) atoms. The number of carbonyl (C=O) groups excluding carboxylic acids is 1. The molecular formula is C9H7BrF2N2O3. The number of nitrogens with zero attached hydrogens (tertiary/aromatic N) is 1. The first-order chi connectivity index (χ1) is 7.82. The summed E-state index contributed by atoms with van der Waals surface area (Å²) < 4.78 is 26.2. The highest BCUT2D eigenvalue weighted by molar-refractivity contribution is 9.10. The second kappa shape index (κ2) is 5.17. The van der Waals surface area contributed by atoms with Gasteiger partial charge in [0, 0.05) is 12.5 Å². The Kier molecular flexibility index (Phi) is 4.11. The zero-order chi connectivity index (χ0) is 13.2. The Morgan fingerprint density at radius 1 is 1.53 bits per heavy atom. The van der Waals surface area contributed by atoms with E-state index in [1.54, 1.807) is 0 Å². The van der Waals surface area contributed by atoms with Crippen LogP contribution < -0.4 is 5.73 Å². The molecule has 5 nitrogen and oxygen atoms in total. The van der Waals surface area contributed by atoms with Crippen LogP contribution in [0.1, 0.15) is 5.56 Å². The lowest BCUT2D eigenvalue weighted by atomic mass is 10.1. The van der Waals surface area contributed by atoms with Crippen LogP contribution in [0.5, 0.6) is 0 Å². The number of primary amides is 1. The Morgan fingerprint density at radius 2 is 2.12 bits per heavy atom. The average molecular weight is 309 g/mol. The van der Waals surface area contributed by atoms with E-state index < -0.39 is 33.0 Å². The van der Waals surface area contributed by atoms with Gasteiger partial charge in [-0.1, -0.05) is 15.9 Å². The summed E-state index contributed by atoms with van der Waals surface area (Å²) in [5.74, 6) is -2.92. The molecule has 0 spiro atoms. The topological polar surface area (TPSA) is 86.2 Å². The van der Waals surface area contributed by atoms with E-state index in [4.69, 9.17) is 5.73 Å². The van der Waals surface area contributed by atoms with Gasteiger partial charge in [0.05, 0.1) is 21.4 Å². The molecule has 8 heteroatoms. The van der Waals surface area contributed by atoms with Crippen molar-refractivity contribution in [1.82, 2.24) is 0 Å². The van der Waals surface area contributed by atoms with E-state index in [2.05, 4.69) is 15.9 Å². The van der Waals surface area contributed by atoms with Crippen LogP contribution in [0, 0.1) is 21.7 Å². The molecule has 1 atom stereocenters. The number of benzene rings is 1.